The van der Waals surface area contributed by atoms with Crippen LogP contribution in [-0.2, 0) is 11.3 Å². The van der Waals surface area contributed by atoms with E-state index in [1.54, 1.807) is 11.8 Å². The van der Waals surface area contributed by atoms with Crippen molar-refractivity contribution in [2.24, 2.45) is 0 Å². The van der Waals surface area contributed by atoms with Crippen molar-refractivity contribution in [2.45, 2.75) is 22.9 Å². The first-order valence-electron chi connectivity index (χ1n) is 11.6. The maximum Gasteiger partial charge on any atom is 0.104 e. The maximum absolute atomic E-state index is 6.39. The predicted octanol–water partition coefficient (Wildman–Crippen LogP) is 7.14. The minimum absolute atomic E-state index is 0.0547. The van der Waals surface area contributed by atoms with E-state index in [4.69, 9.17) is 21.3 Å². The van der Waals surface area contributed by atoms with Gasteiger partial charge in [-0.25, -0.2) is 4.98 Å². The first-order valence-corrected chi connectivity index (χ1v) is 12.8. The third-order valence-electron chi connectivity index (χ3n) is 6.04. The van der Waals surface area contributed by atoms with Gasteiger partial charge < -0.3 is 4.74 Å². The van der Waals surface area contributed by atoms with Crippen molar-refractivity contribution in [3.8, 4) is 11.1 Å². The summed E-state index contributed by atoms with van der Waals surface area (Å²) in [6, 6.07) is 33.4. The molecule has 1 aromatic heterocycles. The van der Waals surface area contributed by atoms with Gasteiger partial charge in [0.25, 0.3) is 0 Å². The number of hydrogen-bond acceptors (Lipinski definition) is 4. The third-order valence-corrected chi connectivity index (χ3v) is 7.65. The van der Waals surface area contributed by atoms with Gasteiger partial charge >= 0.3 is 0 Å². The van der Waals surface area contributed by atoms with E-state index in [1.165, 1.54) is 11.1 Å². The highest BCUT2D eigenvalue weighted by Gasteiger charge is 2.31. The lowest BCUT2D eigenvalue weighted by Crippen LogP contribution is -2.44. The van der Waals surface area contributed by atoms with Crippen LogP contribution < -0.4 is 0 Å². The first-order chi connectivity index (χ1) is 16.8. The molecule has 3 nitrogen and oxygen atoms in total. The van der Waals surface area contributed by atoms with Gasteiger partial charge in [0, 0.05) is 36.4 Å². The lowest BCUT2D eigenvalue weighted by Gasteiger charge is -2.37. The number of aromatic nitrogens is 1. The summed E-state index contributed by atoms with van der Waals surface area (Å²) in [5.74, 6) is 0. The van der Waals surface area contributed by atoms with Crippen molar-refractivity contribution in [1.82, 2.24) is 9.88 Å². The van der Waals surface area contributed by atoms with Crippen LogP contribution in [0.1, 0.15) is 16.4 Å². The molecular weight excluding hydrogens is 460 g/mol. The van der Waals surface area contributed by atoms with Gasteiger partial charge in [-0.1, -0.05) is 102 Å². The lowest BCUT2D eigenvalue weighted by molar-refractivity contribution is -0.0320. The zero-order chi connectivity index (χ0) is 23.2. The molecule has 172 valence electrons. The molecule has 0 N–H and O–H groups in total. The minimum atomic E-state index is 0.0547. The Hall–Kier alpha value is -2.63. The van der Waals surface area contributed by atoms with Crippen molar-refractivity contribution in [1.29, 1.82) is 0 Å². The standard InChI is InChI=1S/C29H27ClN2OS/c30-25-14-7-13-24(19-25)26-15-8-16-31-29(26)34-28(23-11-5-2-6-12-23)27-21-32(17-18-33-27)20-22-9-3-1-4-10-22/h1-16,19,27-28H,17-18,20-21H2/t27-,28-/m0/s1. The molecule has 0 radical (unpaired) electrons. The summed E-state index contributed by atoms with van der Waals surface area (Å²) in [5, 5.41) is 1.83. The summed E-state index contributed by atoms with van der Waals surface area (Å²) >= 11 is 8.08. The molecule has 0 unspecified atom stereocenters. The van der Waals surface area contributed by atoms with Crippen LogP contribution in [-0.4, -0.2) is 35.7 Å². The van der Waals surface area contributed by atoms with E-state index >= 15 is 0 Å². The summed E-state index contributed by atoms with van der Waals surface area (Å²) in [4.78, 5) is 7.28. The third kappa shape index (κ3) is 5.70. The van der Waals surface area contributed by atoms with Crippen LogP contribution in [0.15, 0.2) is 108 Å². The molecule has 4 aromatic rings. The zero-order valence-electron chi connectivity index (χ0n) is 18.9. The molecule has 34 heavy (non-hydrogen) atoms. The molecule has 0 aliphatic carbocycles. The van der Waals surface area contributed by atoms with Gasteiger partial charge in [0.05, 0.1) is 18.0 Å². The number of hydrogen-bond donors (Lipinski definition) is 0. The number of halogens is 1. The van der Waals surface area contributed by atoms with Crippen LogP contribution in [0.25, 0.3) is 11.1 Å². The Morgan fingerprint density at radius 1 is 0.941 bits per heavy atom. The monoisotopic (exact) mass is 486 g/mol. The highest BCUT2D eigenvalue weighted by atomic mass is 35.5. The van der Waals surface area contributed by atoms with E-state index in [0.29, 0.717) is 0 Å². The molecule has 0 spiro atoms. The molecule has 0 saturated carbocycles. The van der Waals surface area contributed by atoms with Crippen LogP contribution in [0, 0.1) is 0 Å². The number of morpholine rings is 1. The van der Waals surface area contributed by atoms with Gasteiger partial charge in [-0.15, -0.1) is 0 Å². The molecule has 2 atom stereocenters. The predicted molar refractivity (Wildman–Crippen MR) is 141 cm³/mol. The number of thioether (sulfide) groups is 1. The van der Waals surface area contributed by atoms with E-state index < -0.39 is 0 Å². The Bertz CT molecular complexity index is 1200. The summed E-state index contributed by atoms with van der Waals surface area (Å²) < 4.78 is 6.39. The van der Waals surface area contributed by atoms with Crippen LogP contribution in [0.2, 0.25) is 5.02 Å². The molecule has 1 saturated heterocycles. The smallest absolute Gasteiger partial charge is 0.104 e. The van der Waals surface area contributed by atoms with E-state index in [1.807, 2.05) is 30.5 Å². The number of nitrogens with zero attached hydrogens (tertiary/aromatic N) is 2. The van der Waals surface area contributed by atoms with Gasteiger partial charge in [-0.3, -0.25) is 4.90 Å². The van der Waals surface area contributed by atoms with Gasteiger partial charge in [0.1, 0.15) is 5.03 Å². The number of ether oxygens (including phenoxy) is 1. The second kappa shape index (κ2) is 11.2. The number of benzene rings is 3. The molecule has 1 aliphatic rings. The fourth-order valence-electron chi connectivity index (χ4n) is 4.38. The highest BCUT2D eigenvalue weighted by molar-refractivity contribution is 7.99. The molecule has 1 aliphatic heterocycles. The van der Waals surface area contributed by atoms with E-state index in [2.05, 4.69) is 77.7 Å². The second-order valence-corrected chi connectivity index (χ2v) is 10.0. The topological polar surface area (TPSA) is 25.4 Å². The van der Waals surface area contributed by atoms with Crippen molar-refractivity contribution < 1.29 is 4.74 Å². The minimum Gasteiger partial charge on any atom is -0.374 e. The van der Waals surface area contributed by atoms with Crippen molar-refractivity contribution in [3.63, 3.8) is 0 Å². The SMILES string of the molecule is Clc1cccc(-c2cccnc2S[C@@H](c2ccccc2)[C@@H]2CN(Cc3ccccc3)CCO2)c1. The average Bonchev–Trinajstić information content (AvgIpc) is 2.89. The summed E-state index contributed by atoms with van der Waals surface area (Å²) in [6.45, 7) is 3.48. The van der Waals surface area contributed by atoms with Gasteiger partial charge in [-0.2, -0.15) is 0 Å². The molecule has 0 amide bonds. The van der Waals surface area contributed by atoms with Gasteiger partial charge in [0.2, 0.25) is 0 Å². The second-order valence-electron chi connectivity index (χ2n) is 8.45. The van der Waals surface area contributed by atoms with E-state index in [-0.39, 0.29) is 11.4 Å². The Balaban J connectivity index is 1.43. The lowest BCUT2D eigenvalue weighted by atomic mass is 10.1. The normalized spacial score (nSPS) is 17.4. The van der Waals surface area contributed by atoms with Gasteiger partial charge in [-0.05, 0) is 34.9 Å². The molecule has 2 heterocycles. The largest absolute Gasteiger partial charge is 0.374 e. The average molecular weight is 487 g/mol. The molecule has 0 bridgehead atoms. The van der Waals surface area contributed by atoms with Crippen molar-refractivity contribution in [2.75, 3.05) is 19.7 Å². The van der Waals surface area contributed by atoms with Crippen LogP contribution >= 0.6 is 23.4 Å². The fourth-order valence-corrected chi connectivity index (χ4v) is 5.86. The Labute approximate surface area is 210 Å². The Morgan fingerprint density at radius 3 is 2.53 bits per heavy atom. The summed E-state index contributed by atoms with van der Waals surface area (Å²) in [7, 11) is 0. The summed E-state index contributed by atoms with van der Waals surface area (Å²) in [5.41, 5.74) is 4.75. The number of pyridine rings is 1. The Morgan fingerprint density at radius 2 is 1.74 bits per heavy atom. The molecular formula is C29H27ClN2OS. The number of rotatable bonds is 7. The van der Waals surface area contributed by atoms with E-state index in [9.17, 15) is 0 Å². The zero-order valence-corrected chi connectivity index (χ0v) is 20.5. The molecule has 1 fully saturated rings. The van der Waals surface area contributed by atoms with E-state index in [0.717, 1.165) is 47.4 Å². The maximum atomic E-state index is 6.39. The quantitative estimate of drug-likeness (QED) is 0.259. The fraction of sp³-hybridized carbons (Fsp3) is 0.207. The first kappa shape index (κ1) is 23.1. The van der Waals surface area contributed by atoms with Crippen LogP contribution in [0.5, 0.6) is 0 Å². The molecule has 3 aromatic carbocycles. The van der Waals surface area contributed by atoms with Gasteiger partial charge in [0.15, 0.2) is 0 Å². The molecule has 5 heteroatoms. The molecule has 5 rings (SSSR count). The highest BCUT2D eigenvalue weighted by Crippen LogP contribution is 2.43. The van der Waals surface area contributed by atoms with Crippen LogP contribution in [0.4, 0.5) is 0 Å². The van der Waals surface area contributed by atoms with Crippen molar-refractivity contribution >= 4 is 23.4 Å². The van der Waals surface area contributed by atoms with Crippen molar-refractivity contribution in [3.05, 3.63) is 119 Å². The Kier molecular flexibility index (Phi) is 7.62. The summed E-state index contributed by atoms with van der Waals surface area (Å²) in [6.07, 6.45) is 1.92. The van der Waals surface area contributed by atoms with Crippen LogP contribution in [0.3, 0.4) is 0 Å².